The van der Waals surface area contributed by atoms with Crippen LogP contribution >= 0.6 is 0 Å². The van der Waals surface area contributed by atoms with Crippen LogP contribution < -0.4 is 10.1 Å². The van der Waals surface area contributed by atoms with E-state index in [2.05, 4.69) is 65.6 Å². The van der Waals surface area contributed by atoms with E-state index in [1.54, 1.807) is 0 Å². The predicted octanol–water partition coefficient (Wildman–Crippen LogP) is 4.31. The highest BCUT2D eigenvalue weighted by molar-refractivity contribution is 5.31. The maximum atomic E-state index is 5.76. The van der Waals surface area contributed by atoms with Gasteiger partial charge in [0.2, 0.25) is 0 Å². The number of ether oxygens (including phenoxy) is 1. The third-order valence-corrected chi connectivity index (χ3v) is 3.03. The minimum absolute atomic E-state index is 0.108. The minimum Gasteiger partial charge on any atom is -0.489 e. The lowest BCUT2D eigenvalue weighted by Crippen LogP contribution is -2.37. The van der Waals surface area contributed by atoms with E-state index in [1.165, 1.54) is 5.56 Å². The Morgan fingerprint density at radius 2 is 1.60 bits per heavy atom. The summed E-state index contributed by atoms with van der Waals surface area (Å²) in [6, 6.07) is 8.33. The zero-order valence-electron chi connectivity index (χ0n) is 13.8. The van der Waals surface area contributed by atoms with E-state index in [4.69, 9.17) is 4.74 Å². The molecule has 1 aromatic rings. The Bertz CT molecular complexity index is 432. The molecule has 0 aliphatic carbocycles. The molecule has 1 N–H and O–H groups in total. The summed E-state index contributed by atoms with van der Waals surface area (Å²) < 4.78 is 5.76. The van der Waals surface area contributed by atoms with Crippen LogP contribution in [0.5, 0.6) is 5.75 Å². The molecule has 0 unspecified atom stereocenters. The van der Waals surface area contributed by atoms with E-state index in [9.17, 15) is 0 Å². The molecule has 0 spiro atoms. The normalized spacial score (nSPS) is 12.3. The van der Waals surface area contributed by atoms with Crippen molar-refractivity contribution in [2.75, 3.05) is 13.2 Å². The lowest BCUT2D eigenvalue weighted by Gasteiger charge is -2.21. The molecule has 0 amide bonds. The van der Waals surface area contributed by atoms with Gasteiger partial charge >= 0.3 is 0 Å². The second-order valence-corrected chi connectivity index (χ2v) is 7.42. The van der Waals surface area contributed by atoms with Gasteiger partial charge in [0.15, 0.2) is 0 Å². The van der Waals surface area contributed by atoms with Gasteiger partial charge in [-0.25, -0.2) is 0 Å². The van der Waals surface area contributed by atoms with Crippen LogP contribution in [0.4, 0.5) is 0 Å². The van der Waals surface area contributed by atoms with Gasteiger partial charge in [0, 0.05) is 12.1 Å². The molecule has 1 rings (SSSR count). The van der Waals surface area contributed by atoms with Crippen LogP contribution in [0.25, 0.3) is 0 Å². The van der Waals surface area contributed by atoms with Gasteiger partial charge in [0.05, 0.1) is 0 Å². The number of nitrogens with one attached hydrogen (secondary N) is 1. The molecule has 0 bridgehead atoms. The summed E-state index contributed by atoms with van der Waals surface area (Å²) in [5, 5.41) is 3.41. The van der Waals surface area contributed by atoms with Crippen molar-refractivity contribution in [3.63, 3.8) is 0 Å². The molecule has 20 heavy (non-hydrogen) atoms. The topological polar surface area (TPSA) is 21.3 Å². The molecule has 2 heteroatoms. The van der Waals surface area contributed by atoms with Gasteiger partial charge in [0.1, 0.15) is 12.4 Å². The summed E-state index contributed by atoms with van der Waals surface area (Å²) >= 11 is 0. The highest BCUT2D eigenvalue weighted by atomic mass is 16.5. The van der Waals surface area contributed by atoms with Crippen LogP contribution in [0, 0.1) is 0 Å². The highest BCUT2D eigenvalue weighted by Crippen LogP contribution is 2.24. The van der Waals surface area contributed by atoms with E-state index >= 15 is 0 Å². The quantitative estimate of drug-likeness (QED) is 0.809. The lowest BCUT2D eigenvalue weighted by atomic mass is 9.87. The highest BCUT2D eigenvalue weighted by Gasteiger charge is 2.13. The van der Waals surface area contributed by atoms with Gasteiger partial charge in [-0.1, -0.05) is 39.5 Å². The van der Waals surface area contributed by atoms with Gasteiger partial charge < -0.3 is 10.1 Å². The molecule has 112 valence electrons. The van der Waals surface area contributed by atoms with Gasteiger partial charge in [-0.3, -0.25) is 0 Å². The van der Waals surface area contributed by atoms with Crippen LogP contribution in [0.1, 0.15) is 47.1 Å². The first kappa shape index (κ1) is 16.8. The first-order valence-corrected chi connectivity index (χ1v) is 7.23. The van der Waals surface area contributed by atoms with E-state index in [0.29, 0.717) is 6.61 Å². The van der Waals surface area contributed by atoms with Crippen molar-refractivity contribution >= 4 is 0 Å². The smallest absolute Gasteiger partial charge is 0.119 e. The lowest BCUT2D eigenvalue weighted by molar-refractivity contribution is 0.341. The molecule has 2 nitrogen and oxygen atoms in total. The van der Waals surface area contributed by atoms with Crippen LogP contribution in [-0.2, 0) is 5.41 Å². The van der Waals surface area contributed by atoms with Crippen molar-refractivity contribution in [2.45, 2.75) is 52.5 Å². The number of benzene rings is 1. The van der Waals surface area contributed by atoms with Crippen molar-refractivity contribution in [1.82, 2.24) is 5.32 Å². The number of rotatable bonds is 5. The molecule has 0 radical (unpaired) electrons. The average Bonchev–Trinajstić information content (AvgIpc) is 2.32. The Morgan fingerprint density at radius 3 is 2.05 bits per heavy atom. The first-order valence-electron chi connectivity index (χ1n) is 7.23. The fourth-order valence-electron chi connectivity index (χ4n) is 1.68. The minimum atomic E-state index is 0.108. The van der Waals surface area contributed by atoms with Crippen molar-refractivity contribution in [3.8, 4) is 5.75 Å². The Morgan fingerprint density at radius 1 is 1.05 bits per heavy atom. The summed E-state index contributed by atoms with van der Waals surface area (Å²) in [4.78, 5) is 0. The second-order valence-electron chi connectivity index (χ2n) is 7.42. The van der Waals surface area contributed by atoms with Gasteiger partial charge in [-0.15, -0.1) is 0 Å². The molecule has 1 aromatic carbocycles. The van der Waals surface area contributed by atoms with Crippen LogP contribution in [-0.4, -0.2) is 18.7 Å². The molecular formula is C18H29NO. The Balaban J connectivity index is 2.44. The maximum Gasteiger partial charge on any atom is 0.119 e. The summed E-state index contributed by atoms with van der Waals surface area (Å²) in [5.41, 5.74) is 2.66. The third-order valence-electron chi connectivity index (χ3n) is 3.03. The maximum absolute atomic E-state index is 5.76. The molecule has 0 saturated carbocycles. The average molecular weight is 275 g/mol. The van der Waals surface area contributed by atoms with Crippen molar-refractivity contribution < 1.29 is 4.74 Å². The second kappa shape index (κ2) is 6.45. The zero-order valence-corrected chi connectivity index (χ0v) is 13.8. The van der Waals surface area contributed by atoms with Crippen molar-refractivity contribution in [2.24, 2.45) is 0 Å². The monoisotopic (exact) mass is 275 g/mol. The van der Waals surface area contributed by atoms with E-state index in [1.807, 2.05) is 12.1 Å². The third kappa shape index (κ3) is 6.25. The molecule has 0 aliphatic heterocycles. The zero-order chi connectivity index (χ0) is 15.4. The molecule has 0 aliphatic rings. The van der Waals surface area contributed by atoms with Crippen molar-refractivity contribution in [3.05, 3.63) is 42.0 Å². The van der Waals surface area contributed by atoms with Crippen LogP contribution in [0.2, 0.25) is 0 Å². The fraction of sp³-hybridized carbons (Fsp3) is 0.556. The first-order chi connectivity index (χ1) is 9.08. The summed E-state index contributed by atoms with van der Waals surface area (Å²) in [6.45, 7) is 18.4. The summed E-state index contributed by atoms with van der Waals surface area (Å²) in [6.07, 6.45) is 0. The van der Waals surface area contributed by atoms with E-state index < -0.39 is 0 Å². The largest absolute Gasteiger partial charge is 0.489 e. The molecule has 0 heterocycles. The van der Waals surface area contributed by atoms with Gasteiger partial charge in [0.25, 0.3) is 0 Å². The van der Waals surface area contributed by atoms with Crippen LogP contribution in [0.3, 0.4) is 0 Å². The van der Waals surface area contributed by atoms with E-state index in [-0.39, 0.29) is 11.0 Å². The van der Waals surface area contributed by atoms with Crippen molar-refractivity contribution in [1.29, 1.82) is 0 Å². The SMILES string of the molecule is C=C(CNC(C)(C)C)COc1ccc(C(C)(C)C)cc1. The molecule has 0 saturated heterocycles. The Hall–Kier alpha value is -1.28. The number of hydrogen-bond acceptors (Lipinski definition) is 2. The number of hydrogen-bond donors (Lipinski definition) is 1. The van der Waals surface area contributed by atoms with Crippen LogP contribution in [0.15, 0.2) is 36.4 Å². The standard InChI is InChI=1S/C18H29NO/c1-14(12-19-18(5,6)7)13-20-16-10-8-15(9-11-16)17(2,3)4/h8-11,19H,1,12-13H2,2-7H3. The molecule has 0 atom stereocenters. The van der Waals surface area contributed by atoms with E-state index in [0.717, 1.165) is 17.9 Å². The van der Waals surface area contributed by atoms with Gasteiger partial charge in [-0.05, 0) is 49.5 Å². The molecule has 0 fully saturated rings. The summed E-state index contributed by atoms with van der Waals surface area (Å²) in [7, 11) is 0. The predicted molar refractivity (Wildman–Crippen MR) is 87.5 cm³/mol. The fourth-order valence-corrected chi connectivity index (χ4v) is 1.68. The van der Waals surface area contributed by atoms with Gasteiger partial charge in [-0.2, -0.15) is 0 Å². The Kier molecular flexibility index (Phi) is 5.41. The molecular weight excluding hydrogens is 246 g/mol. The Labute approximate surface area is 124 Å². The molecule has 0 aromatic heterocycles. The summed E-state index contributed by atoms with van der Waals surface area (Å²) in [5.74, 6) is 0.898.